The first kappa shape index (κ1) is 16.3. The Morgan fingerprint density at radius 1 is 1.40 bits per heavy atom. The molecule has 1 rings (SSSR count). The molecule has 112 valence electrons. The van der Waals surface area contributed by atoms with Gasteiger partial charge in [-0.25, -0.2) is 0 Å². The second kappa shape index (κ2) is 6.60. The van der Waals surface area contributed by atoms with Crippen molar-refractivity contribution in [2.24, 2.45) is 5.73 Å². The average molecular weight is 291 g/mol. The third-order valence-electron chi connectivity index (χ3n) is 2.93. The molecule has 1 aromatic carbocycles. The molecule has 0 bridgehead atoms. The number of halogens is 3. The first-order valence-corrected chi connectivity index (χ1v) is 6.07. The number of carboxylic acids is 1. The van der Waals surface area contributed by atoms with E-state index in [0.29, 0.717) is 12.0 Å². The quantitative estimate of drug-likeness (QED) is 0.845. The zero-order valence-corrected chi connectivity index (χ0v) is 10.9. The number of aliphatic carboxylic acids is 1. The van der Waals surface area contributed by atoms with Crippen LogP contribution in [0.2, 0.25) is 0 Å². The van der Waals surface area contributed by atoms with Gasteiger partial charge in [0.15, 0.2) is 0 Å². The number of para-hydroxylation sites is 1. The largest absolute Gasteiger partial charge is 0.573 e. The van der Waals surface area contributed by atoms with Gasteiger partial charge in [-0.05, 0) is 30.4 Å². The Kier molecular flexibility index (Phi) is 5.38. The number of carboxylic acid groups (broad SMARTS) is 1. The minimum Gasteiger partial charge on any atom is -0.480 e. The Labute approximate surface area is 114 Å². The normalized spacial score (nSPS) is 14.7. The number of ether oxygens (including phenoxy) is 1. The molecule has 0 aliphatic rings. The third kappa shape index (κ3) is 4.73. The van der Waals surface area contributed by atoms with Gasteiger partial charge < -0.3 is 15.6 Å². The fraction of sp³-hybridized carbons (Fsp3) is 0.462. The first-order valence-electron chi connectivity index (χ1n) is 6.07. The van der Waals surface area contributed by atoms with Gasteiger partial charge >= 0.3 is 12.3 Å². The van der Waals surface area contributed by atoms with Crippen LogP contribution in [0.3, 0.4) is 0 Å². The molecule has 0 aromatic heterocycles. The van der Waals surface area contributed by atoms with Crippen LogP contribution >= 0.6 is 0 Å². The van der Waals surface area contributed by atoms with Gasteiger partial charge in [0.2, 0.25) is 0 Å². The molecule has 0 saturated heterocycles. The first-order chi connectivity index (χ1) is 9.24. The number of benzene rings is 1. The molecule has 0 radical (unpaired) electrons. The lowest BCUT2D eigenvalue weighted by atomic mass is 9.89. The summed E-state index contributed by atoms with van der Waals surface area (Å²) in [4.78, 5) is 10.8. The molecule has 3 N–H and O–H groups in total. The van der Waals surface area contributed by atoms with E-state index in [1.807, 2.05) is 0 Å². The lowest BCUT2D eigenvalue weighted by Gasteiger charge is -2.21. The molecule has 0 heterocycles. The molecular weight excluding hydrogens is 275 g/mol. The maximum Gasteiger partial charge on any atom is 0.573 e. The summed E-state index contributed by atoms with van der Waals surface area (Å²) in [6.07, 6.45) is -4.29. The van der Waals surface area contributed by atoms with E-state index in [-0.39, 0.29) is 12.2 Å². The summed E-state index contributed by atoms with van der Waals surface area (Å²) < 4.78 is 41.0. The fourth-order valence-corrected chi connectivity index (χ4v) is 1.96. The number of hydrogen-bond donors (Lipinski definition) is 2. The van der Waals surface area contributed by atoms with Crippen molar-refractivity contribution in [2.45, 2.75) is 38.1 Å². The van der Waals surface area contributed by atoms with Crippen molar-refractivity contribution in [3.63, 3.8) is 0 Å². The van der Waals surface area contributed by atoms with Crippen molar-refractivity contribution in [2.75, 3.05) is 0 Å². The van der Waals surface area contributed by atoms with Gasteiger partial charge in [0, 0.05) is 0 Å². The van der Waals surface area contributed by atoms with Crippen molar-refractivity contribution in [1.29, 1.82) is 0 Å². The van der Waals surface area contributed by atoms with Gasteiger partial charge in [-0.3, -0.25) is 4.79 Å². The zero-order chi connectivity index (χ0) is 15.3. The number of rotatable bonds is 6. The molecule has 0 spiro atoms. The second-order valence-electron chi connectivity index (χ2n) is 4.37. The molecular formula is C13H16F3NO3. The van der Waals surface area contributed by atoms with Gasteiger partial charge in [-0.2, -0.15) is 0 Å². The predicted molar refractivity (Wildman–Crippen MR) is 66.4 cm³/mol. The molecule has 0 fully saturated rings. The molecule has 2 atom stereocenters. The minimum absolute atomic E-state index is 0.0457. The van der Waals surface area contributed by atoms with E-state index in [9.17, 15) is 18.0 Å². The highest BCUT2D eigenvalue weighted by Gasteiger charge is 2.33. The van der Waals surface area contributed by atoms with Crippen molar-refractivity contribution in [3.8, 4) is 5.75 Å². The maximum absolute atomic E-state index is 12.3. The summed E-state index contributed by atoms with van der Waals surface area (Å²) in [6.45, 7) is 1.75. The van der Waals surface area contributed by atoms with Gasteiger partial charge in [0.1, 0.15) is 11.8 Å². The summed E-state index contributed by atoms with van der Waals surface area (Å²) in [5.74, 6) is -1.92. The summed E-state index contributed by atoms with van der Waals surface area (Å²) >= 11 is 0. The summed E-state index contributed by atoms with van der Waals surface area (Å²) in [5.41, 5.74) is 5.75. The van der Waals surface area contributed by atoms with Crippen molar-refractivity contribution in [1.82, 2.24) is 0 Å². The molecule has 0 aliphatic carbocycles. The molecule has 4 nitrogen and oxygen atoms in total. The fourth-order valence-electron chi connectivity index (χ4n) is 1.96. The van der Waals surface area contributed by atoms with Gasteiger partial charge in [0.25, 0.3) is 0 Å². The van der Waals surface area contributed by atoms with Crippen LogP contribution in [0.4, 0.5) is 13.2 Å². The Hall–Kier alpha value is -1.76. The van der Waals surface area contributed by atoms with Crippen LogP contribution in [0.1, 0.15) is 31.2 Å². The summed E-state index contributed by atoms with van der Waals surface area (Å²) in [5, 5.41) is 8.79. The van der Waals surface area contributed by atoms with Gasteiger partial charge in [-0.1, -0.05) is 25.1 Å². The molecule has 1 aromatic rings. The van der Waals surface area contributed by atoms with Crippen LogP contribution < -0.4 is 10.5 Å². The Morgan fingerprint density at radius 3 is 2.50 bits per heavy atom. The Morgan fingerprint density at radius 2 is 2.00 bits per heavy atom. The molecule has 0 aliphatic heterocycles. The molecule has 0 amide bonds. The second-order valence-corrected chi connectivity index (χ2v) is 4.37. The van der Waals surface area contributed by atoms with E-state index in [4.69, 9.17) is 10.8 Å². The molecule has 20 heavy (non-hydrogen) atoms. The van der Waals surface area contributed by atoms with Gasteiger partial charge in [0.05, 0.1) is 0 Å². The van der Waals surface area contributed by atoms with Crippen LogP contribution in [0.5, 0.6) is 5.75 Å². The predicted octanol–water partition coefficient (Wildman–Crippen LogP) is 2.88. The zero-order valence-electron chi connectivity index (χ0n) is 10.9. The lowest BCUT2D eigenvalue weighted by molar-refractivity contribution is -0.275. The standard InChI is InChI=1S/C13H16F3NO3/c1-2-8(7-10(17)12(18)19)9-5-3-4-6-11(9)20-13(14,15)16/h3-6,8,10H,2,7,17H2,1H3,(H,18,19). The topological polar surface area (TPSA) is 72.6 Å². The van der Waals surface area contributed by atoms with Gasteiger partial charge in [-0.15, -0.1) is 13.2 Å². The average Bonchev–Trinajstić information content (AvgIpc) is 2.34. The SMILES string of the molecule is CCC(CC(N)C(=O)O)c1ccccc1OC(F)(F)F. The monoisotopic (exact) mass is 291 g/mol. The molecule has 7 heteroatoms. The van der Waals surface area contributed by atoms with Crippen LogP contribution in [0.25, 0.3) is 0 Å². The van der Waals surface area contributed by atoms with E-state index in [1.54, 1.807) is 13.0 Å². The Bertz CT molecular complexity index is 462. The minimum atomic E-state index is -4.79. The van der Waals surface area contributed by atoms with Crippen molar-refractivity contribution < 1.29 is 27.8 Å². The highest BCUT2D eigenvalue weighted by Crippen LogP contribution is 2.34. The van der Waals surface area contributed by atoms with Crippen LogP contribution in [-0.4, -0.2) is 23.5 Å². The maximum atomic E-state index is 12.3. The van der Waals surface area contributed by atoms with Crippen LogP contribution in [0, 0.1) is 0 Å². The number of carbonyl (C=O) groups is 1. The highest BCUT2D eigenvalue weighted by molar-refractivity contribution is 5.73. The number of alkyl halides is 3. The van der Waals surface area contributed by atoms with Crippen LogP contribution in [0.15, 0.2) is 24.3 Å². The highest BCUT2D eigenvalue weighted by atomic mass is 19.4. The summed E-state index contributed by atoms with van der Waals surface area (Å²) in [6, 6.07) is 4.57. The lowest BCUT2D eigenvalue weighted by Crippen LogP contribution is -2.32. The molecule has 2 unspecified atom stereocenters. The van der Waals surface area contributed by atoms with Crippen molar-refractivity contribution >= 4 is 5.97 Å². The van der Waals surface area contributed by atoms with E-state index in [2.05, 4.69) is 4.74 Å². The van der Waals surface area contributed by atoms with E-state index in [1.165, 1.54) is 18.2 Å². The van der Waals surface area contributed by atoms with E-state index < -0.39 is 24.3 Å². The Balaban J connectivity index is 3.00. The van der Waals surface area contributed by atoms with Crippen LogP contribution in [-0.2, 0) is 4.79 Å². The number of hydrogen-bond acceptors (Lipinski definition) is 3. The number of nitrogens with two attached hydrogens (primary N) is 1. The smallest absolute Gasteiger partial charge is 0.480 e. The van der Waals surface area contributed by atoms with E-state index >= 15 is 0 Å². The summed E-state index contributed by atoms with van der Waals surface area (Å²) in [7, 11) is 0. The van der Waals surface area contributed by atoms with Crippen molar-refractivity contribution in [3.05, 3.63) is 29.8 Å². The van der Waals surface area contributed by atoms with E-state index in [0.717, 1.165) is 0 Å². The third-order valence-corrected chi connectivity index (χ3v) is 2.93. The molecule has 0 saturated carbocycles.